The van der Waals surface area contributed by atoms with E-state index in [1.165, 1.54) is 34.0 Å². The van der Waals surface area contributed by atoms with Crippen LogP contribution in [0.3, 0.4) is 0 Å². The fourth-order valence-corrected chi connectivity index (χ4v) is 5.81. The van der Waals surface area contributed by atoms with E-state index in [1.807, 2.05) is 6.07 Å². The molecule has 130 valence electrons. The van der Waals surface area contributed by atoms with Crippen LogP contribution in [-0.4, -0.2) is 35.4 Å². The van der Waals surface area contributed by atoms with Crippen molar-refractivity contribution >= 4 is 17.2 Å². The quantitative estimate of drug-likeness (QED) is 0.624. The summed E-state index contributed by atoms with van der Waals surface area (Å²) in [6, 6.07) is 7.08. The zero-order valence-corrected chi connectivity index (χ0v) is 15.0. The Morgan fingerprint density at radius 3 is 2.88 bits per heavy atom. The molecular weight excluding hydrogens is 312 g/mol. The van der Waals surface area contributed by atoms with E-state index in [4.69, 9.17) is 4.74 Å². The number of hydrogen-bond donors (Lipinski definition) is 0. The molecule has 6 rings (SSSR count). The molecule has 0 N–H and O–H groups in total. The molecule has 4 aliphatic rings. The molecule has 2 aromatic rings. The van der Waals surface area contributed by atoms with Crippen molar-refractivity contribution in [1.82, 2.24) is 9.47 Å². The van der Waals surface area contributed by atoms with Gasteiger partial charge in [0.25, 0.3) is 0 Å². The van der Waals surface area contributed by atoms with E-state index < -0.39 is 0 Å². The Morgan fingerprint density at radius 1 is 1.32 bits per heavy atom. The number of hydrogen-bond acceptors (Lipinski definition) is 3. The van der Waals surface area contributed by atoms with E-state index in [-0.39, 0.29) is 5.92 Å². The van der Waals surface area contributed by atoms with Crippen LogP contribution in [0, 0.1) is 11.8 Å². The summed E-state index contributed by atoms with van der Waals surface area (Å²) >= 11 is 0. The summed E-state index contributed by atoms with van der Waals surface area (Å²) in [4.78, 5) is 14.5. The van der Waals surface area contributed by atoms with Crippen LogP contribution < -0.4 is 4.74 Å². The van der Waals surface area contributed by atoms with Crippen LogP contribution in [0.15, 0.2) is 29.8 Å². The number of aryl methyl sites for hydroxylation is 1. The molecule has 5 heterocycles. The van der Waals surface area contributed by atoms with Crippen molar-refractivity contribution in [2.75, 3.05) is 13.7 Å². The first-order valence-electron chi connectivity index (χ1n) is 9.19. The monoisotopic (exact) mass is 336 g/mol. The number of aromatic nitrogens is 1. The number of rotatable bonds is 2. The smallest absolute Gasteiger partial charge is 0.143 e. The van der Waals surface area contributed by atoms with Gasteiger partial charge in [-0.15, -0.1) is 0 Å². The predicted molar refractivity (Wildman–Crippen MR) is 97.8 cm³/mol. The van der Waals surface area contributed by atoms with E-state index in [9.17, 15) is 4.79 Å². The van der Waals surface area contributed by atoms with Crippen molar-refractivity contribution in [1.29, 1.82) is 0 Å². The maximum atomic E-state index is 11.9. The Hall–Kier alpha value is -2.07. The van der Waals surface area contributed by atoms with Gasteiger partial charge in [-0.3, -0.25) is 4.90 Å². The number of aldehydes is 1. The highest BCUT2D eigenvalue weighted by molar-refractivity contribution is 5.91. The summed E-state index contributed by atoms with van der Waals surface area (Å²) < 4.78 is 7.98. The van der Waals surface area contributed by atoms with E-state index in [0.717, 1.165) is 25.1 Å². The van der Waals surface area contributed by atoms with Crippen molar-refractivity contribution in [3.05, 3.63) is 41.1 Å². The number of fused-ring (bicyclic) bond motifs is 4. The molecule has 0 spiro atoms. The lowest BCUT2D eigenvalue weighted by Crippen LogP contribution is -2.60. The summed E-state index contributed by atoms with van der Waals surface area (Å²) in [5.74, 6) is 1.48. The minimum Gasteiger partial charge on any atom is -0.495 e. The third-order valence-electron chi connectivity index (χ3n) is 6.86. The summed E-state index contributed by atoms with van der Waals surface area (Å²) in [5.41, 5.74) is 5.50. The Bertz CT molecular complexity index is 910. The van der Waals surface area contributed by atoms with Gasteiger partial charge in [-0.05, 0) is 37.3 Å². The van der Waals surface area contributed by atoms with Crippen LogP contribution in [0.2, 0.25) is 0 Å². The van der Waals surface area contributed by atoms with Crippen LogP contribution in [0.25, 0.3) is 10.9 Å². The molecule has 4 nitrogen and oxygen atoms in total. The molecule has 3 fully saturated rings. The highest BCUT2D eigenvalue weighted by Crippen LogP contribution is 2.54. The predicted octanol–water partition coefficient (Wildman–Crippen LogP) is 3.25. The summed E-state index contributed by atoms with van der Waals surface area (Å²) in [5, 5.41) is 1.29. The molecule has 5 atom stereocenters. The minimum atomic E-state index is 0.130. The van der Waals surface area contributed by atoms with Gasteiger partial charge in [0.1, 0.15) is 12.0 Å². The fraction of sp³-hybridized carbons (Fsp3) is 0.476. The van der Waals surface area contributed by atoms with Gasteiger partial charge in [0, 0.05) is 36.6 Å². The lowest BCUT2D eigenvalue weighted by molar-refractivity contribution is -0.121. The first kappa shape index (κ1) is 15.2. The van der Waals surface area contributed by atoms with Crippen molar-refractivity contribution in [2.24, 2.45) is 18.9 Å². The third kappa shape index (κ3) is 1.78. The molecule has 0 amide bonds. The molecule has 5 unspecified atom stereocenters. The number of allylic oxidation sites excluding steroid dienone is 1. The van der Waals surface area contributed by atoms with Gasteiger partial charge in [-0.2, -0.15) is 0 Å². The van der Waals surface area contributed by atoms with Crippen LogP contribution >= 0.6 is 0 Å². The Kier molecular flexibility index (Phi) is 3.17. The second kappa shape index (κ2) is 5.21. The molecule has 0 aliphatic carbocycles. The van der Waals surface area contributed by atoms with Gasteiger partial charge in [0.15, 0.2) is 0 Å². The van der Waals surface area contributed by atoms with Gasteiger partial charge < -0.3 is 14.1 Å². The highest BCUT2D eigenvalue weighted by Gasteiger charge is 2.53. The molecule has 0 radical (unpaired) electrons. The number of nitrogens with zero attached hydrogens (tertiary/aromatic N) is 2. The largest absolute Gasteiger partial charge is 0.495 e. The average Bonchev–Trinajstić information content (AvgIpc) is 2.94. The first-order chi connectivity index (χ1) is 12.2. The molecule has 4 aliphatic heterocycles. The number of carbonyl (C=O) groups is 1. The average molecular weight is 336 g/mol. The zero-order chi connectivity index (χ0) is 17.3. The fourth-order valence-electron chi connectivity index (χ4n) is 5.81. The topological polar surface area (TPSA) is 34.5 Å². The van der Waals surface area contributed by atoms with Crippen molar-refractivity contribution in [3.63, 3.8) is 0 Å². The Labute approximate surface area is 148 Å². The SMILES string of the molecule is C/C=C1\CN2C3CC1C(C=O)C2Cc1c3n(C)c2c(OC)cccc12. The van der Waals surface area contributed by atoms with Gasteiger partial charge in [-0.1, -0.05) is 23.8 Å². The van der Waals surface area contributed by atoms with E-state index in [2.05, 4.69) is 41.6 Å². The van der Waals surface area contributed by atoms with Crippen LogP contribution in [0.5, 0.6) is 5.75 Å². The normalized spacial score (nSPS) is 34.4. The van der Waals surface area contributed by atoms with E-state index in [0.29, 0.717) is 18.0 Å². The molecular formula is C21H24N2O2. The first-order valence-corrected chi connectivity index (χ1v) is 9.19. The lowest BCUT2D eigenvalue weighted by Gasteiger charge is -2.57. The number of carbonyl (C=O) groups excluding carboxylic acids is 1. The minimum absolute atomic E-state index is 0.130. The molecule has 1 aromatic heterocycles. The lowest BCUT2D eigenvalue weighted by atomic mass is 9.64. The number of ether oxygens (including phenoxy) is 1. The van der Waals surface area contributed by atoms with Crippen LogP contribution in [0.4, 0.5) is 0 Å². The van der Waals surface area contributed by atoms with Crippen molar-refractivity contribution < 1.29 is 9.53 Å². The molecule has 3 saturated heterocycles. The Balaban J connectivity index is 1.74. The molecule has 4 heteroatoms. The maximum Gasteiger partial charge on any atom is 0.143 e. The molecule has 25 heavy (non-hydrogen) atoms. The number of para-hydroxylation sites is 1. The van der Waals surface area contributed by atoms with E-state index >= 15 is 0 Å². The standard InChI is InChI=1S/C21H24N2O2/c1-4-12-10-23-17-9-15-13-6-5-7-19(25-3)21(13)22(2)20(15)18(23)8-14(12)16(17)11-24/h4-7,11,14,16-18H,8-10H2,1-3H3/b12-4+. The second-order valence-corrected chi connectivity index (χ2v) is 7.66. The second-order valence-electron chi connectivity index (χ2n) is 7.66. The van der Waals surface area contributed by atoms with Gasteiger partial charge in [0.2, 0.25) is 0 Å². The number of piperidine rings is 3. The highest BCUT2D eigenvalue weighted by atomic mass is 16.5. The van der Waals surface area contributed by atoms with Gasteiger partial charge in [-0.25, -0.2) is 0 Å². The molecule has 4 bridgehead atoms. The van der Waals surface area contributed by atoms with Crippen LogP contribution in [0.1, 0.15) is 30.6 Å². The molecule has 0 saturated carbocycles. The third-order valence-corrected chi connectivity index (χ3v) is 6.86. The van der Waals surface area contributed by atoms with E-state index in [1.54, 1.807) is 7.11 Å². The summed E-state index contributed by atoms with van der Waals surface area (Å²) in [6.45, 7) is 3.13. The number of benzene rings is 1. The van der Waals surface area contributed by atoms with Gasteiger partial charge in [0.05, 0.1) is 18.7 Å². The van der Waals surface area contributed by atoms with Gasteiger partial charge >= 0.3 is 0 Å². The summed E-state index contributed by atoms with van der Waals surface area (Å²) in [7, 11) is 3.91. The zero-order valence-electron chi connectivity index (χ0n) is 15.0. The summed E-state index contributed by atoms with van der Waals surface area (Å²) in [6.07, 6.45) is 5.47. The Morgan fingerprint density at radius 2 is 2.16 bits per heavy atom. The van der Waals surface area contributed by atoms with Crippen LogP contribution in [-0.2, 0) is 18.3 Å². The maximum absolute atomic E-state index is 11.9. The van der Waals surface area contributed by atoms with Crippen molar-refractivity contribution in [3.8, 4) is 5.75 Å². The van der Waals surface area contributed by atoms with Crippen molar-refractivity contribution in [2.45, 2.75) is 31.8 Å². The molecule has 1 aromatic carbocycles. The number of methoxy groups -OCH3 is 1.